The van der Waals surface area contributed by atoms with Gasteiger partial charge in [-0.05, 0) is 18.4 Å². The molecule has 3 aromatic rings. The molecule has 30 heavy (non-hydrogen) atoms. The number of nitrogens with two attached hydrogens (primary N) is 1. The normalized spacial score (nSPS) is 18.7. The second kappa shape index (κ2) is 9.19. The van der Waals surface area contributed by atoms with Gasteiger partial charge in [0.05, 0.1) is 5.69 Å². The molecule has 1 aliphatic rings. The Morgan fingerprint density at radius 3 is 2.50 bits per heavy atom. The Labute approximate surface area is 179 Å². The van der Waals surface area contributed by atoms with Crippen LogP contribution in [0.1, 0.15) is 23.3 Å². The van der Waals surface area contributed by atoms with Gasteiger partial charge in [-0.2, -0.15) is 0 Å². The maximum Gasteiger partial charge on any atom is 0.246 e. The minimum atomic E-state index is -0.709. The average molecular weight is 422 g/mol. The first kappa shape index (κ1) is 20.3. The number of hydrogen-bond acceptors (Lipinski definition) is 5. The molecule has 2 heterocycles. The van der Waals surface area contributed by atoms with E-state index in [1.807, 2.05) is 48.5 Å². The summed E-state index contributed by atoms with van der Waals surface area (Å²) in [5.74, 6) is -1.000. The van der Waals surface area contributed by atoms with E-state index in [1.165, 1.54) is 16.9 Å². The van der Waals surface area contributed by atoms with Crippen molar-refractivity contribution in [2.45, 2.75) is 25.4 Å². The van der Waals surface area contributed by atoms with Crippen LogP contribution in [0.2, 0.25) is 0 Å². The van der Waals surface area contributed by atoms with Crippen molar-refractivity contribution in [3.8, 4) is 11.3 Å². The Morgan fingerprint density at radius 1 is 1.10 bits per heavy atom. The number of benzene rings is 2. The lowest BCUT2D eigenvalue weighted by molar-refractivity contribution is -0.137. The van der Waals surface area contributed by atoms with Crippen LogP contribution in [0.25, 0.3) is 11.3 Å². The van der Waals surface area contributed by atoms with Crippen molar-refractivity contribution in [1.29, 1.82) is 0 Å². The Kier molecular flexibility index (Phi) is 6.21. The molecule has 2 amide bonds. The zero-order valence-corrected chi connectivity index (χ0v) is 17.2. The summed E-state index contributed by atoms with van der Waals surface area (Å²) in [6, 6.07) is 20.1. The van der Waals surface area contributed by atoms with Gasteiger partial charge in [0.2, 0.25) is 11.8 Å². The van der Waals surface area contributed by atoms with E-state index in [0.29, 0.717) is 24.6 Å². The Morgan fingerprint density at radius 2 is 1.80 bits per heavy atom. The molecule has 1 fully saturated rings. The van der Waals surface area contributed by atoms with E-state index in [2.05, 4.69) is 17.4 Å². The molecule has 3 N–H and O–H groups in total. The van der Waals surface area contributed by atoms with Crippen LogP contribution in [0.3, 0.4) is 0 Å². The minimum Gasteiger partial charge on any atom is -0.368 e. The monoisotopic (exact) mass is 421 g/mol. The maximum atomic E-state index is 12.8. The van der Waals surface area contributed by atoms with Gasteiger partial charge in [0, 0.05) is 29.4 Å². The number of nitrogens with one attached hydrogen (secondary N) is 1. The molecule has 1 aliphatic heterocycles. The third kappa shape index (κ3) is 4.75. The van der Waals surface area contributed by atoms with Crippen molar-refractivity contribution in [1.82, 2.24) is 4.98 Å². The average Bonchev–Trinajstić information content (AvgIpc) is 3.17. The predicted octanol–water partition coefficient (Wildman–Crippen LogP) is 3.62. The molecule has 6 nitrogen and oxygen atoms in total. The number of carbonyl (C=O) groups excluding carboxylic acids is 2. The van der Waals surface area contributed by atoms with Crippen LogP contribution in [-0.2, 0) is 20.7 Å². The molecule has 1 aromatic heterocycles. The number of anilines is 1. The second-order valence-electron chi connectivity index (χ2n) is 7.29. The molecule has 1 saturated heterocycles. The lowest BCUT2D eigenvalue weighted by atomic mass is 9.94. The molecular formula is C23H23N3O3S. The van der Waals surface area contributed by atoms with Crippen LogP contribution in [0.15, 0.2) is 60.7 Å². The quantitative estimate of drug-likeness (QED) is 0.636. The number of thiazole rings is 1. The van der Waals surface area contributed by atoms with Crippen LogP contribution < -0.4 is 11.1 Å². The van der Waals surface area contributed by atoms with Crippen LogP contribution in [0.5, 0.6) is 0 Å². The summed E-state index contributed by atoms with van der Waals surface area (Å²) in [6.45, 7) is 0.345. The summed E-state index contributed by atoms with van der Waals surface area (Å²) >= 11 is 1.48. The number of hydrogen-bond donors (Lipinski definition) is 2. The van der Waals surface area contributed by atoms with E-state index >= 15 is 0 Å². The van der Waals surface area contributed by atoms with Gasteiger partial charge < -0.3 is 15.8 Å². The number of rotatable bonds is 6. The molecule has 154 valence electrons. The van der Waals surface area contributed by atoms with Gasteiger partial charge in [0.25, 0.3) is 0 Å². The van der Waals surface area contributed by atoms with Gasteiger partial charge in [0.15, 0.2) is 5.13 Å². The molecular weight excluding hydrogens is 398 g/mol. The number of primary amides is 1. The van der Waals surface area contributed by atoms with Crippen molar-refractivity contribution in [3.63, 3.8) is 0 Å². The third-order valence-electron chi connectivity index (χ3n) is 5.15. The first-order valence-corrected chi connectivity index (χ1v) is 10.7. The third-order valence-corrected chi connectivity index (χ3v) is 6.13. The Hall–Kier alpha value is -3.03. The van der Waals surface area contributed by atoms with Crippen LogP contribution in [-0.4, -0.2) is 29.5 Å². The van der Waals surface area contributed by atoms with E-state index in [4.69, 9.17) is 15.5 Å². The van der Waals surface area contributed by atoms with Crippen molar-refractivity contribution >= 4 is 28.3 Å². The fraction of sp³-hybridized carbons (Fsp3) is 0.261. The number of nitrogens with zero attached hydrogens (tertiary/aromatic N) is 1. The smallest absolute Gasteiger partial charge is 0.246 e. The van der Waals surface area contributed by atoms with E-state index in [9.17, 15) is 9.59 Å². The number of aromatic nitrogens is 1. The van der Waals surface area contributed by atoms with Gasteiger partial charge in [-0.15, -0.1) is 11.3 Å². The van der Waals surface area contributed by atoms with E-state index in [-0.39, 0.29) is 11.8 Å². The summed E-state index contributed by atoms with van der Waals surface area (Å²) in [5, 5.41) is 3.51. The number of amides is 2. The van der Waals surface area contributed by atoms with Gasteiger partial charge in [-0.25, -0.2) is 4.98 Å². The zero-order chi connectivity index (χ0) is 20.9. The molecule has 0 saturated carbocycles. The Bertz CT molecular complexity index is 1020. The summed E-state index contributed by atoms with van der Waals surface area (Å²) in [4.78, 5) is 30.0. The van der Waals surface area contributed by atoms with Crippen molar-refractivity contribution in [3.05, 3.63) is 71.1 Å². The largest absolute Gasteiger partial charge is 0.368 e. The fourth-order valence-corrected chi connectivity index (χ4v) is 4.59. The first-order chi connectivity index (χ1) is 14.6. The summed E-state index contributed by atoms with van der Waals surface area (Å²) in [6.07, 6.45) is 0.886. The van der Waals surface area contributed by atoms with E-state index < -0.39 is 12.0 Å². The lowest BCUT2D eigenvalue weighted by Crippen LogP contribution is -2.40. The molecule has 2 unspecified atom stereocenters. The van der Waals surface area contributed by atoms with Crippen LogP contribution in [0.4, 0.5) is 5.13 Å². The molecule has 0 aliphatic carbocycles. The highest BCUT2D eigenvalue weighted by atomic mass is 32.1. The minimum absolute atomic E-state index is 0.149. The maximum absolute atomic E-state index is 12.8. The highest BCUT2D eigenvalue weighted by Gasteiger charge is 2.31. The summed E-state index contributed by atoms with van der Waals surface area (Å²) in [5.41, 5.74) is 8.41. The highest BCUT2D eigenvalue weighted by Crippen LogP contribution is 2.33. The molecule has 2 atom stereocenters. The standard InChI is InChI=1S/C23H23N3O3S/c24-21(27)18-14-17(11-12-29-18)22(28)26-23-25-20(16-9-5-2-6-10-16)19(30-23)13-15-7-3-1-4-8-15/h1-10,17-18H,11-14H2,(H2,24,27)(H,25,26,28). The zero-order valence-electron chi connectivity index (χ0n) is 16.4. The lowest BCUT2D eigenvalue weighted by Gasteiger charge is -2.26. The van der Waals surface area contributed by atoms with Crippen molar-refractivity contribution < 1.29 is 14.3 Å². The molecule has 7 heteroatoms. The SMILES string of the molecule is NC(=O)C1CC(C(=O)Nc2nc(-c3ccccc3)c(Cc3ccccc3)s2)CCO1. The van der Waals surface area contributed by atoms with E-state index in [1.54, 1.807) is 0 Å². The van der Waals surface area contributed by atoms with Crippen LogP contribution in [0, 0.1) is 5.92 Å². The first-order valence-electron chi connectivity index (χ1n) is 9.91. The van der Waals surface area contributed by atoms with Crippen molar-refractivity contribution in [2.75, 3.05) is 11.9 Å². The van der Waals surface area contributed by atoms with Crippen molar-refractivity contribution in [2.24, 2.45) is 11.7 Å². The van der Waals surface area contributed by atoms with Gasteiger partial charge in [0.1, 0.15) is 6.10 Å². The van der Waals surface area contributed by atoms with Crippen LogP contribution >= 0.6 is 11.3 Å². The molecule has 4 rings (SSSR count). The predicted molar refractivity (Wildman–Crippen MR) is 117 cm³/mol. The van der Waals surface area contributed by atoms with Gasteiger partial charge in [-0.3, -0.25) is 9.59 Å². The fourth-order valence-electron chi connectivity index (χ4n) is 3.57. The molecule has 0 spiro atoms. The topological polar surface area (TPSA) is 94.3 Å². The Balaban J connectivity index is 1.56. The van der Waals surface area contributed by atoms with Gasteiger partial charge >= 0.3 is 0 Å². The molecule has 2 aromatic carbocycles. The summed E-state index contributed by atoms with van der Waals surface area (Å²) < 4.78 is 5.35. The number of ether oxygens (including phenoxy) is 1. The van der Waals surface area contributed by atoms with E-state index in [0.717, 1.165) is 22.6 Å². The number of carbonyl (C=O) groups is 2. The highest BCUT2D eigenvalue weighted by molar-refractivity contribution is 7.16. The summed E-state index contributed by atoms with van der Waals surface area (Å²) in [7, 11) is 0. The molecule has 0 radical (unpaired) electrons. The van der Waals surface area contributed by atoms with Gasteiger partial charge in [-0.1, -0.05) is 60.7 Å². The molecule has 0 bridgehead atoms. The second-order valence-corrected chi connectivity index (χ2v) is 8.38.